The minimum absolute atomic E-state index is 0.0238. The number of sulfone groups is 1. The van der Waals surface area contributed by atoms with E-state index in [9.17, 15) is 8.42 Å². The van der Waals surface area contributed by atoms with Gasteiger partial charge in [-0.05, 0) is 36.3 Å². The molecule has 0 aliphatic heterocycles. The van der Waals surface area contributed by atoms with Crippen molar-refractivity contribution in [1.82, 2.24) is 5.32 Å². The van der Waals surface area contributed by atoms with Crippen molar-refractivity contribution >= 4 is 9.84 Å². The van der Waals surface area contributed by atoms with Gasteiger partial charge in [0.2, 0.25) is 0 Å². The summed E-state index contributed by atoms with van der Waals surface area (Å²) in [6.45, 7) is 6.51. The summed E-state index contributed by atoms with van der Waals surface area (Å²) in [6.07, 6.45) is 3.47. The summed E-state index contributed by atoms with van der Waals surface area (Å²) in [5.74, 6) is 0.190. The Labute approximate surface area is 122 Å². The predicted molar refractivity (Wildman–Crippen MR) is 83.8 cm³/mol. The van der Waals surface area contributed by atoms with Gasteiger partial charge < -0.3 is 5.32 Å². The van der Waals surface area contributed by atoms with Crippen LogP contribution in [0.2, 0.25) is 0 Å². The second-order valence-corrected chi connectivity index (χ2v) is 8.91. The molecule has 20 heavy (non-hydrogen) atoms. The number of fused-ring (bicyclic) bond motifs is 1. The van der Waals surface area contributed by atoms with E-state index in [1.54, 1.807) is 0 Å². The van der Waals surface area contributed by atoms with Gasteiger partial charge in [0.05, 0.1) is 5.75 Å². The lowest BCUT2D eigenvalue weighted by molar-refractivity contribution is 0.344. The molecular formula is C16H25NO2S. The molecule has 0 radical (unpaired) electrons. The van der Waals surface area contributed by atoms with E-state index in [-0.39, 0.29) is 23.3 Å². The fourth-order valence-electron chi connectivity index (χ4n) is 3.23. The molecule has 0 aromatic heterocycles. The first kappa shape index (κ1) is 15.5. The van der Waals surface area contributed by atoms with Crippen LogP contribution in [0.3, 0.4) is 0 Å². The van der Waals surface area contributed by atoms with Gasteiger partial charge in [0.15, 0.2) is 0 Å². The highest BCUT2D eigenvalue weighted by atomic mass is 32.2. The highest BCUT2D eigenvalue weighted by Gasteiger charge is 2.32. The number of hydrogen-bond acceptors (Lipinski definition) is 3. The fraction of sp³-hybridized carbons (Fsp3) is 0.625. The minimum atomic E-state index is -2.94. The van der Waals surface area contributed by atoms with Gasteiger partial charge >= 0.3 is 0 Å². The molecule has 1 aromatic rings. The third-order valence-electron chi connectivity index (χ3n) is 4.16. The van der Waals surface area contributed by atoms with Gasteiger partial charge in [-0.1, -0.05) is 38.1 Å². The molecule has 0 saturated heterocycles. The highest BCUT2D eigenvalue weighted by Crippen LogP contribution is 2.41. The van der Waals surface area contributed by atoms with Crippen molar-refractivity contribution in [2.45, 2.75) is 51.1 Å². The van der Waals surface area contributed by atoms with Crippen LogP contribution in [-0.2, 0) is 15.3 Å². The first-order valence-corrected chi connectivity index (χ1v) is 9.28. The highest BCUT2D eigenvalue weighted by molar-refractivity contribution is 7.90. The molecule has 2 unspecified atom stereocenters. The first-order valence-electron chi connectivity index (χ1n) is 7.22. The number of nitrogens with one attached hydrogen (secondary N) is 1. The molecule has 0 heterocycles. The molecule has 0 saturated carbocycles. The topological polar surface area (TPSA) is 46.2 Å². The molecule has 1 N–H and O–H groups in total. The predicted octanol–water partition coefficient (Wildman–Crippen LogP) is 2.82. The first-order chi connectivity index (χ1) is 9.19. The van der Waals surface area contributed by atoms with E-state index in [0.717, 1.165) is 12.8 Å². The van der Waals surface area contributed by atoms with Crippen LogP contribution in [0, 0.1) is 0 Å². The van der Waals surface area contributed by atoms with Gasteiger partial charge in [-0.15, -0.1) is 0 Å². The second kappa shape index (κ2) is 5.49. The van der Waals surface area contributed by atoms with Crippen molar-refractivity contribution in [2.75, 3.05) is 12.0 Å². The summed E-state index contributed by atoms with van der Waals surface area (Å²) in [6, 6.07) is 8.75. The Hall–Kier alpha value is -0.870. The average Bonchev–Trinajstić information content (AvgIpc) is 2.31. The largest absolute Gasteiger partial charge is 0.306 e. The molecule has 0 fully saturated rings. The van der Waals surface area contributed by atoms with E-state index < -0.39 is 9.84 Å². The summed E-state index contributed by atoms with van der Waals surface area (Å²) < 4.78 is 22.8. The van der Waals surface area contributed by atoms with Crippen molar-refractivity contribution in [1.29, 1.82) is 0 Å². The molecule has 0 amide bonds. The quantitative estimate of drug-likeness (QED) is 0.929. The van der Waals surface area contributed by atoms with Gasteiger partial charge in [-0.2, -0.15) is 0 Å². The monoisotopic (exact) mass is 295 g/mol. The zero-order valence-electron chi connectivity index (χ0n) is 12.8. The lowest BCUT2D eigenvalue weighted by Crippen LogP contribution is -2.39. The van der Waals surface area contributed by atoms with Crippen LogP contribution in [-0.4, -0.2) is 26.5 Å². The molecule has 112 valence electrons. The molecule has 1 aromatic carbocycles. The molecule has 3 nitrogen and oxygen atoms in total. The van der Waals surface area contributed by atoms with E-state index in [1.165, 1.54) is 17.4 Å². The molecule has 0 bridgehead atoms. The molecule has 4 heteroatoms. The number of hydrogen-bond donors (Lipinski definition) is 1. The zero-order valence-corrected chi connectivity index (χ0v) is 13.6. The zero-order chi connectivity index (χ0) is 15.0. The molecule has 0 spiro atoms. The van der Waals surface area contributed by atoms with Crippen LogP contribution >= 0.6 is 0 Å². The second-order valence-electron chi connectivity index (χ2n) is 6.72. The Morgan fingerprint density at radius 3 is 2.65 bits per heavy atom. The molecule has 2 rings (SSSR count). The van der Waals surface area contributed by atoms with Gasteiger partial charge in [0, 0.05) is 18.3 Å². The van der Waals surface area contributed by atoms with Crippen molar-refractivity contribution < 1.29 is 8.42 Å². The summed E-state index contributed by atoms with van der Waals surface area (Å²) in [7, 11) is -2.94. The van der Waals surface area contributed by atoms with Gasteiger partial charge in [-0.25, -0.2) is 8.42 Å². The number of rotatable bonds is 4. The van der Waals surface area contributed by atoms with E-state index in [1.807, 2.05) is 6.92 Å². The van der Waals surface area contributed by atoms with Crippen molar-refractivity contribution in [2.24, 2.45) is 0 Å². The van der Waals surface area contributed by atoms with Gasteiger partial charge in [-0.3, -0.25) is 0 Å². The fourth-order valence-corrected chi connectivity index (χ4v) is 4.24. The Morgan fingerprint density at radius 2 is 2.00 bits per heavy atom. The maximum absolute atomic E-state index is 11.4. The van der Waals surface area contributed by atoms with Crippen molar-refractivity contribution in [3.05, 3.63) is 35.4 Å². The Balaban J connectivity index is 2.19. The van der Waals surface area contributed by atoms with Crippen molar-refractivity contribution in [3.8, 4) is 0 Å². The van der Waals surface area contributed by atoms with Crippen LogP contribution < -0.4 is 5.32 Å². The molecule has 1 aliphatic rings. The SMILES string of the molecule is CC(CS(C)(=O)=O)NC1CCC(C)(C)c2ccccc21. The Morgan fingerprint density at radius 1 is 1.35 bits per heavy atom. The Bertz CT molecular complexity index is 578. The third kappa shape index (κ3) is 3.61. The lowest BCUT2D eigenvalue weighted by atomic mass is 9.71. The average molecular weight is 295 g/mol. The normalized spacial score (nSPS) is 23.1. The summed E-state index contributed by atoms with van der Waals surface area (Å²) in [5.41, 5.74) is 2.91. The van der Waals surface area contributed by atoms with Gasteiger partial charge in [0.25, 0.3) is 0 Å². The maximum atomic E-state index is 11.4. The van der Waals surface area contributed by atoms with E-state index in [4.69, 9.17) is 0 Å². The van der Waals surface area contributed by atoms with Crippen LogP contribution in [0.5, 0.6) is 0 Å². The minimum Gasteiger partial charge on any atom is -0.306 e. The number of benzene rings is 1. The summed E-state index contributed by atoms with van der Waals surface area (Å²) in [4.78, 5) is 0. The summed E-state index contributed by atoms with van der Waals surface area (Å²) in [5, 5.41) is 3.49. The van der Waals surface area contributed by atoms with Crippen LogP contribution in [0.15, 0.2) is 24.3 Å². The molecular weight excluding hydrogens is 270 g/mol. The summed E-state index contributed by atoms with van der Waals surface area (Å²) >= 11 is 0. The third-order valence-corrected chi connectivity index (χ3v) is 5.27. The Kier molecular flexibility index (Phi) is 4.26. The lowest BCUT2D eigenvalue weighted by Gasteiger charge is -2.38. The van der Waals surface area contributed by atoms with E-state index >= 15 is 0 Å². The van der Waals surface area contributed by atoms with Crippen molar-refractivity contribution in [3.63, 3.8) is 0 Å². The maximum Gasteiger partial charge on any atom is 0.148 e. The molecule has 2 atom stereocenters. The molecule has 1 aliphatic carbocycles. The smallest absolute Gasteiger partial charge is 0.148 e. The van der Waals surface area contributed by atoms with Crippen LogP contribution in [0.4, 0.5) is 0 Å². The van der Waals surface area contributed by atoms with E-state index in [2.05, 4.69) is 43.4 Å². The van der Waals surface area contributed by atoms with Gasteiger partial charge in [0.1, 0.15) is 9.84 Å². The van der Waals surface area contributed by atoms with Crippen LogP contribution in [0.25, 0.3) is 0 Å². The van der Waals surface area contributed by atoms with Crippen LogP contribution in [0.1, 0.15) is 50.8 Å². The van der Waals surface area contributed by atoms with E-state index in [0.29, 0.717) is 0 Å². The standard InChI is InChI=1S/C16H25NO2S/c1-12(11-20(4,18)19)17-15-9-10-16(2,3)14-8-6-5-7-13(14)15/h5-8,12,15,17H,9-11H2,1-4H3.